The number of hydrogen-bond acceptors (Lipinski definition) is 3. The Morgan fingerprint density at radius 2 is 1.75 bits per heavy atom. The Labute approximate surface area is 133 Å². The van der Waals surface area contributed by atoms with E-state index in [1.165, 1.54) is 0 Å². The Balaban J connectivity index is 0.000000667. The Morgan fingerprint density at radius 3 is 2.55 bits per heavy atom. The zero-order valence-electron chi connectivity index (χ0n) is 9.99. The summed E-state index contributed by atoms with van der Waals surface area (Å²) in [6.07, 6.45) is 3.33. The van der Waals surface area contributed by atoms with Crippen LogP contribution >= 0.6 is 37.2 Å². The first-order chi connectivity index (χ1) is 8.36. The van der Waals surface area contributed by atoms with E-state index in [9.17, 15) is 4.79 Å². The summed E-state index contributed by atoms with van der Waals surface area (Å²) >= 11 is 0. The number of nitrogens with zero attached hydrogens (tertiary/aromatic N) is 2. The molecule has 20 heavy (non-hydrogen) atoms. The highest BCUT2D eigenvalue weighted by atomic mass is 35.5. The van der Waals surface area contributed by atoms with Gasteiger partial charge in [-0.1, -0.05) is 12.1 Å². The third-order valence-corrected chi connectivity index (χ3v) is 3.15. The first kappa shape index (κ1) is 16.4. The Morgan fingerprint density at radius 1 is 0.950 bits per heavy atom. The number of halogens is 3. The lowest BCUT2D eigenvalue weighted by Gasteiger charge is -2.13. The molecular weight excluding hydrogens is 321 g/mol. The molecule has 0 aliphatic heterocycles. The summed E-state index contributed by atoms with van der Waals surface area (Å²) in [6.45, 7) is 0. The van der Waals surface area contributed by atoms with Crippen LogP contribution in [0.15, 0.2) is 36.7 Å². The summed E-state index contributed by atoms with van der Waals surface area (Å²) in [5, 5.41) is 8.14. The van der Waals surface area contributed by atoms with Crippen molar-refractivity contribution < 1.29 is 4.79 Å². The smallest absolute Gasteiger partial charge is 0.194 e. The number of aromatic amines is 1. The van der Waals surface area contributed by atoms with Crippen LogP contribution in [0, 0.1) is 0 Å². The fourth-order valence-electron chi connectivity index (χ4n) is 2.38. The van der Waals surface area contributed by atoms with Gasteiger partial charge in [-0.2, -0.15) is 5.10 Å². The molecule has 1 aromatic carbocycles. The van der Waals surface area contributed by atoms with Crippen LogP contribution in [0.4, 0.5) is 0 Å². The molecule has 0 spiro atoms. The molecule has 0 saturated carbocycles. The first-order valence-corrected chi connectivity index (χ1v) is 5.32. The monoisotopic (exact) mass is 329 g/mol. The van der Waals surface area contributed by atoms with Crippen molar-refractivity contribution in [2.24, 2.45) is 0 Å². The summed E-state index contributed by atoms with van der Waals surface area (Å²) in [6, 6.07) is 7.37. The molecule has 1 N–H and O–H groups in total. The number of ketones is 1. The fourth-order valence-corrected chi connectivity index (χ4v) is 2.38. The molecule has 0 saturated heterocycles. The number of hydrogen-bond donors (Lipinski definition) is 1. The van der Waals surface area contributed by atoms with Gasteiger partial charge in [-0.15, -0.1) is 37.2 Å². The highest BCUT2D eigenvalue weighted by molar-refractivity contribution is 6.24. The molecule has 3 aromatic rings. The van der Waals surface area contributed by atoms with E-state index in [-0.39, 0.29) is 43.0 Å². The molecule has 0 radical (unpaired) electrons. The molecule has 4 nitrogen and oxygen atoms in total. The number of nitrogens with one attached hydrogen (secondary N) is 1. The SMILES string of the molecule is Cl.Cl.Cl.O=C1c2ccncc2-c2n[nH]c3cccc1c23. The van der Waals surface area contributed by atoms with Gasteiger partial charge >= 0.3 is 0 Å². The third kappa shape index (κ3) is 1.97. The normalized spacial score (nSPS) is 10.9. The molecule has 2 aromatic heterocycles. The second kappa shape index (κ2) is 5.79. The van der Waals surface area contributed by atoms with Crippen molar-refractivity contribution in [2.75, 3.05) is 0 Å². The van der Waals surface area contributed by atoms with Gasteiger partial charge in [0.25, 0.3) is 0 Å². The van der Waals surface area contributed by atoms with Crippen molar-refractivity contribution in [1.29, 1.82) is 0 Å². The maximum Gasteiger partial charge on any atom is 0.194 e. The van der Waals surface area contributed by atoms with E-state index >= 15 is 0 Å². The van der Waals surface area contributed by atoms with Crippen LogP contribution < -0.4 is 0 Å². The molecule has 0 bridgehead atoms. The Kier molecular flexibility index (Phi) is 4.76. The Hall–Kier alpha value is -1.62. The molecule has 4 rings (SSSR count). The van der Waals surface area contributed by atoms with E-state index in [2.05, 4.69) is 15.2 Å². The fraction of sp³-hybridized carbons (Fsp3) is 0. The molecule has 1 aliphatic rings. The maximum atomic E-state index is 12.3. The molecule has 0 fully saturated rings. The first-order valence-electron chi connectivity index (χ1n) is 5.32. The van der Waals surface area contributed by atoms with Crippen molar-refractivity contribution in [3.8, 4) is 11.3 Å². The van der Waals surface area contributed by atoms with E-state index in [4.69, 9.17) is 0 Å². The van der Waals surface area contributed by atoms with Crippen molar-refractivity contribution in [1.82, 2.24) is 15.2 Å². The average molecular weight is 331 g/mol. The van der Waals surface area contributed by atoms with Gasteiger partial charge in [-0.25, -0.2) is 0 Å². The summed E-state index contributed by atoms with van der Waals surface area (Å²) in [7, 11) is 0. The molecule has 2 heterocycles. The number of benzene rings is 1. The van der Waals surface area contributed by atoms with Crippen LogP contribution in [-0.4, -0.2) is 21.0 Å². The molecule has 1 aliphatic carbocycles. The number of rotatable bonds is 0. The predicted molar refractivity (Wildman–Crippen MR) is 84.5 cm³/mol. The largest absolute Gasteiger partial charge is 0.289 e. The van der Waals surface area contributed by atoms with Gasteiger partial charge in [-0.05, 0) is 12.1 Å². The minimum atomic E-state index is 0. The number of carbonyl (C=O) groups excluding carboxylic acids is 1. The van der Waals surface area contributed by atoms with Gasteiger partial charge < -0.3 is 0 Å². The van der Waals surface area contributed by atoms with Crippen molar-refractivity contribution >= 4 is 53.9 Å². The van der Waals surface area contributed by atoms with Gasteiger partial charge in [0.15, 0.2) is 5.78 Å². The minimum absolute atomic E-state index is 0. The third-order valence-electron chi connectivity index (χ3n) is 3.15. The van der Waals surface area contributed by atoms with Gasteiger partial charge in [0.2, 0.25) is 0 Å². The lowest BCUT2D eigenvalue weighted by atomic mass is 9.89. The highest BCUT2D eigenvalue weighted by Crippen LogP contribution is 2.36. The molecule has 0 atom stereocenters. The van der Waals surface area contributed by atoms with Crippen LogP contribution in [0.25, 0.3) is 22.2 Å². The molecule has 0 amide bonds. The second-order valence-corrected chi connectivity index (χ2v) is 4.05. The van der Waals surface area contributed by atoms with Crippen molar-refractivity contribution in [2.45, 2.75) is 0 Å². The van der Waals surface area contributed by atoms with Gasteiger partial charge in [0.05, 0.1) is 5.52 Å². The zero-order valence-corrected chi connectivity index (χ0v) is 12.4. The van der Waals surface area contributed by atoms with Gasteiger partial charge in [-0.3, -0.25) is 14.9 Å². The standard InChI is InChI=1S/C13H7N3O.3ClH/c17-13-7-4-5-14-6-9(7)12-11-8(13)2-1-3-10(11)15-16-12;;;/h1-6H,(H,15,16);3*1H. The molecule has 104 valence electrons. The summed E-state index contributed by atoms with van der Waals surface area (Å²) < 4.78 is 0. The number of H-pyrrole nitrogens is 1. The topological polar surface area (TPSA) is 58.6 Å². The zero-order chi connectivity index (χ0) is 11.4. The van der Waals surface area contributed by atoms with Crippen LogP contribution in [0.5, 0.6) is 0 Å². The van der Waals surface area contributed by atoms with E-state index in [1.807, 2.05) is 18.2 Å². The predicted octanol–water partition coefficient (Wildman–Crippen LogP) is 3.43. The van der Waals surface area contributed by atoms with E-state index in [0.29, 0.717) is 11.1 Å². The van der Waals surface area contributed by atoms with E-state index < -0.39 is 0 Å². The van der Waals surface area contributed by atoms with Gasteiger partial charge in [0.1, 0.15) is 5.69 Å². The van der Waals surface area contributed by atoms with Crippen LogP contribution in [0.2, 0.25) is 0 Å². The summed E-state index contributed by atoms with van der Waals surface area (Å²) in [5.74, 6) is 0.0434. The summed E-state index contributed by atoms with van der Waals surface area (Å²) in [4.78, 5) is 16.4. The maximum absolute atomic E-state index is 12.3. The van der Waals surface area contributed by atoms with Crippen LogP contribution in [-0.2, 0) is 0 Å². The minimum Gasteiger partial charge on any atom is -0.289 e. The van der Waals surface area contributed by atoms with Crippen LogP contribution in [0.1, 0.15) is 15.9 Å². The Bertz CT molecular complexity index is 785. The second-order valence-electron chi connectivity index (χ2n) is 4.05. The molecule has 7 heteroatoms. The van der Waals surface area contributed by atoms with Crippen molar-refractivity contribution in [3.63, 3.8) is 0 Å². The lowest BCUT2D eigenvalue weighted by Crippen LogP contribution is -2.09. The number of carbonyl (C=O) groups is 1. The van der Waals surface area contributed by atoms with Gasteiger partial charge in [0, 0.05) is 34.5 Å². The molecule has 0 unspecified atom stereocenters. The highest BCUT2D eigenvalue weighted by Gasteiger charge is 2.26. The van der Waals surface area contributed by atoms with E-state index in [0.717, 1.165) is 22.2 Å². The van der Waals surface area contributed by atoms with Crippen LogP contribution in [0.3, 0.4) is 0 Å². The summed E-state index contributed by atoms with van der Waals surface area (Å²) in [5.41, 5.74) is 3.90. The van der Waals surface area contributed by atoms with E-state index in [1.54, 1.807) is 18.5 Å². The van der Waals surface area contributed by atoms with Crippen molar-refractivity contribution in [3.05, 3.63) is 47.8 Å². The number of aromatic nitrogens is 3. The average Bonchev–Trinajstić information content (AvgIpc) is 2.81. The lowest BCUT2D eigenvalue weighted by molar-refractivity contribution is 0.104. The number of pyridine rings is 1. The quantitative estimate of drug-likeness (QED) is 0.537. The number of fused-ring (bicyclic) bond motifs is 2. The molecular formula is C13H10Cl3N3O.